The van der Waals surface area contributed by atoms with Crippen LogP contribution in [0.2, 0.25) is 0 Å². The molecule has 0 aliphatic rings. The molecule has 2 aromatic rings. The highest BCUT2D eigenvalue weighted by molar-refractivity contribution is 5.94. The zero-order chi connectivity index (χ0) is 14.5. The summed E-state index contributed by atoms with van der Waals surface area (Å²) in [5.74, 6) is -0.949. The maximum Gasteiger partial charge on any atom is 0.329 e. The number of methoxy groups -OCH3 is 1. The average molecular weight is 270 g/mol. The Hall–Kier alpha value is -2.61. The van der Waals surface area contributed by atoms with Gasteiger partial charge in [-0.3, -0.25) is 9.78 Å². The molecule has 0 fully saturated rings. The number of hydrogen-bond acceptors (Lipinski definition) is 5. The zero-order valence-electron chi connectivity index (χ0n) is 11.3. The second kappa shape index (κ2) is 6.02. The van der Waals surface area contributed by atoms with Gasteiger partial charge in [-0.1, -0.05) is 12.1 Å². The lowest BCUT2D eigenvalue weighted by molar-refractivity contribution is -0.143. The number of pyridine rings is 1. The number of carbonyl (C=O) groups is 1. The minimum atomic E-state index is -1.04. The molecule has 0 amide bonds. The van der Waals surface area contributed by atoms with Gasteiger partial charge in [-0.05, 0) is 19.1 Å². The molecule has 1 heterocycles. The molecular formula is C15H14N2O3. The summed E-state index contributed by atoms with van der Waals surface area (Å²) < 4.78 is 10.2. The van der Waals surface area contributed by atoms with Gasteiger partial charge in [0.1, 0.15) is 5.75 Å². The number of nitriles is 1. The van der Waals surface area contributed by atoms with Gasteiger partial charge in [0.15, 0.2) is 5.92 Å². The van der Waals surface area contributed by atoms with E-state index in [1.807, 2.05) is 18.2 Å². The Morgan fingerprint density at radius 1 is 1.40 bits per heavy atom. The van der Waals surface area contributed by atoms with Crippen molar-refractivity contribution >= 4 is 16.7 Å². The van der Waals surface area contributed by atoms with E-state index in [0.29, 0.717) is 16.8 Å². The van der Waals surface area contributed by atoms with E-state index in [9.17, 15) is 10.1 Å². The van der Waals surface area contributed by atoms with E-state index in [2.05, 4.69) is 4.98 Å². The highest BCUT2D eigenvalue weighted by atomic mass is 16.5. The lowest BCUT2D eigenvalue weighted by Gasteiger charge is -2.12. The van der Waals surface area contributed by atoms with Crippen molar-refractivity contribution in [3.05, 3.63) is 36.2 Å². The van der Waals surface area contributed by atoms with Gasteiger partial charge in [-0.2, -0.15) is 5.26 Å². The first-order valence-corrected chi connectivity index (χ1v) is 6.20. The Morgan fingerprint density at radius 2 is 2.20 bits per heavy atom. The fourth-order valence-corrected chi connectivity index (χ4v) is 2.06. The van der Waals surface area contributed by atoms with Crippen LogP contribution in [0.4, 0.5) is 0 Å². The summed E-state index contributed by atoms with van der Waals surface area (Å²) in [4.78, 5) is 16.0. The van der Waals surface area contributed by atoms with Gasteiger partial charge in [0, 0.05) is 17.0 Å². The number of rotatable bonds is 4. The van der Waals surface area contributed by atoms with Crippen LogP contribution < -0.4 is 4.74 Å². The van der Waals surface area contributed by atoms with E-state index in [1.165, 1.54) is 0 Å². The van der Waals surface area contributed by atoms with E-state index in [4.69, 9.17) is 9.47 Å². The predicted molar refractivity (Wildman–Crippen MR) is 73.3 cm³/mol. The third-order valence-electron chi connectivity index (χ3n) is 2.94. The normalized spacial score (nSPS) is 11.7. The van der Waals surface area contributed by atoms with Gasteiger partial charge in [0.2, 0.25) is 0 Å². The Bertz CT molecular complexity index is 676. The van der Waals surface area contributed by atoms with E-state index in [-0.39, 0.29) is 6.61 Å². The van der Waals surface area contributed by atoms with Crippen molar-refractivity contribution in [1.29, 1.82) is 5.26 Å². The first-order valence-electron chi connectivity index (χ1n) is 6.20. The first kappa shape index (κ1) is 13.8. The topological polar surface area (TPSA) is 72.2 Å². The fourth-order valence-electron chi connectivity index (χ4n) is 2.06. The molecule has 0 spiro atoms. The molecule has 0 N–H and O–H groups in total. The van der Waals surface area contributed by atoms with Crippen molar-refractivity contribution in [1.82, 2.24) is 4.98 Å². The quantitative estimate of drug-likeness (QED) is 0.798. The van der Waals surface area contributed by atoms with Crippen LogP contribution in [-0.2, 0) is 9.53 Å². The fraction of sp³-hybridized carbons (Fsp3) is 0.267. The van der Waals surface area contributed by atoms with Crippen LogP contribution in [0.25, 0.3) is 10.8 Å². The van der Waals surface area contributed by atoms with Gasteiger partial charge in [0.05, 0.1) is 25.5 Å². The van der Waals surface area contributed by atoms with Crippen LogP contribution in [0.15, 0.2) is 30.5 Å². The number of esters is 1. The Labute approximate surface area is 116 Å². The number of hydrogen-bond donors (Lipinski definition) is 0. The van der Waals surface area contributed by atoms with Crippen molar-refractivity contribution in [3.63, 3.8) is 0 Å². The molecule has 0 saturated carbocycles. The summed E-state index contributed by atoms with van der Waals surface area (Å²) in [6.45, 7) is 1.93. The number of nitrogens with zero attached hydrogens (tertiary/aromatic N) is 2. The molecule has 1 aromatic heterocycles. The van der Waals surface area contributed by atoms with Crippen LogP contribution in [0.3, 0.4) is 0 Å². The third kappa shape index (κ3) is 2.41. The Balaban J connectivity index is 2.60. The number of aromatic nitrogens is 1. The highest BCUT2D eigenvalue weighted by Gasteiger charge is 2.25. The second-order valence-electron chi connectivity index (χ2n) is 4.07. The summed E-state index contributed by atoms with van der Waals surface area (Å²) in [7, 11) is 1.57. The SMILES string of the molecule is CCOC(=O)C(C#N)c1nccc2c(OC)cccc12. The van der Waals surface area contributed by atoms with Gasteiger partial charge in [0.25, 0.3) is 0 Å². The minimum Gasteiger partial charge on any atom is -0.496 e. The summed E-state index contributed by atoms with van der Waals surface area (Å²) >= 11 is 0. The van der Waals surface area contributed by atoms with Crippen LogP contribution in [0.1, 0.15) is 18.5 Å². The molecule has 0 bridgehead atoms. The molecule has 0 aliphatic carbocycles. The zero-order valence-corrected chi connectivity index (χ0v) is 11.3. The maximum atomic E-state index is 11.9. The summed E-state index contributed by atoms with van der Waals surface area (Å²) in [6.07, 6.45) is 1.56. The van der Waals surface area contributed by atoms with Crippen molar-refractivity contribution < 1.29 is 14.3 Å². The van der Waals surface area contributed by atoms with Crippen molar-refractivity contribution in [2.75, 3.05) is 13.7 Å². The van der Waals surface area contributed by atoms with Crippen LogP contribution in [-0.4, -0.2) is 24.7 Å². The summed E-state index contributed by atoms with van der Waals surface area (Å²) in [5.41, 5.74) is 0.391. The standard InChI is InChI=1S/C15H14N2O3/c1-3-20-15(18)12(9-16)14-11-5-4-6-13(19-2)10(11)7-8-17-14/h4-8,12H,3H2,1-2H3. The molecular weight excluding hydrogens is 256 g/mol. The number of ether oxygens (including phenoxy) is 2. The van der Waals surface area contributed by atoms with Gasteiger partial charge in [-0.15, -0.1) is 0 Å². The largest absolute Gasteiger partial charge is 0.496 e. The lowest BCUT2D eigenvalue weighted by atomic mass is 10.00. The lowest BCUT2D eigenvalue weighted by Crippen LogP contribution is -2.16. The molecule has 5 heteroatoms. The van der Waals surface area contributed by atoms with Crippen LogP contribution in [0.5, 0.6) is 5.75 Å². The smallest absolute Gasteiger partial charge is 0.329 e. The van der Waals surface area contributed by atoms with Crippen LogP contribution in [0, 0.1) is 11.3 Å². The van der Waals surface area contributed by atoms with Gasteiger partial charge < -0.3 is 9.47 Å². The van der Waals surface area contributed by atoms with Crippen molar-refractivity contribution in [3.8, 4) is 11.8 Å². The monoisotopic (exact) mass is 270 g/mol. The minimum absolute atomic E-state index is 0.227. The molecule has 2 rings (SSSR count). The molecule has 1 atom stereocenters. The van der Waals surface area contributed by atoms with E-state index in [0.717, 1.165) is 5.39 Å². The Morgan fingerprint density at radius 3 is 2.85 bits per heavy atom. The third-order valence-corrected chi connectivity index (χ3v) is 2.94. The van der Waals surface area contributed by atoms with E-state index in [1.54, 1.807) is 32.4 Å². The highest BCUT2D eigenvalue weighted by Crippen LogP contribution is 2.30. The first-order chi connectivity index (χ1) is 9.72. The molecule has 0 aliphatic heterocycles. The van der Waals surface area contributed by atoms with Gasteiger partial charge >= 0.3 is 5.97 Å². The molecule has 102 valence electrons. The number of benzene rings is 1. The predicted octanol–water partition coefficient (Wildman–Crippen LogP) is 2.41. The molecule has 5 nitrogen and oxygen atoms in total. The summed E-state index contributed by atoms with van der Waals surface area (Å²) in [6, 6.07) is 9.17. The summed E-state index contributed by atoms with van der Waals surface area (Å²) in [5, 5.41) is 10.8. The molecule has 1 aromatic carbocycles. The average Bonchev–Trinajstić information content (AvgIpc) is 2.48. The second-order valence-corrected chi connectivity index (χ2v) is 4.07. The number of carbonyl (C=O) groups excluding carboxylic acids is 1. The number of fused-ring (bicyclic) bond motifs is 1. The van der Waals surface area contributed by atoms with Gasteiger partial charge in [-0.25, -0.2) is 0 Å². The molecule has 1 unspecified atom stereocenters. The molecule has 0 saturated heterocycles. The molecule has 20 heavy (non-hydrogen) atoms. The van der Waals surface area contributed by atoms with E-state index < -0.39 is 11.9 Å². The Kier molecular flexibility index (Phi) is 4.16. The van der Waals surface area contributed by atoms with E-state index >= 15 is 0 Å². The van der Waals surface area contributed by atoms with Crippen molar-refractivity contribution in [2.24, 2.45) is 0 Å². The maximum absolute atomic E-state index is 11.9. The molecule has 0 radical (unpaired) electrons. The van der Waals surface area contributed by atoms with Crippen LogP contribution >= 0.6 is 0 Å². The van der Waals surface area contributed by atoms with Crippen molar-refractivity contribution in [2.45, 2.75) is 12.8 Å².